The summed E-state index contributed by atoms with van der Waals surface area (Å²) < 4.78 is 28.9. The van der Waals surface area contributed by atoms with E-state index < -0.39 is 10.0 Å². The Labute approximate surface area is 154 Å². The van der Waals surface area contributed by atoms with Crippen molar-refractivity contribution < 1.29 is 13.2 Å². The molecular weight excluding hydrogens is 350 g/mol. The van der Waals surface area contributed by atoms with Gasteiger partial charge in [0, 0.05) is 18.7 Å². The van der Waals surface area contributed by atoms with Gasteiger partial charge in [-0.05, 0) is 52.7 Å². The molecule has 0 radical (unpaired) electrons. The summed E-state index contributed by atoms with van der Waals surface area (Å²) in [6, 6.07) is 5.58. The van der Waals surface area contributed by atoms with Crippen molar-refractivity contribution in [1.29, 1.82) is 0 Å². The zero-order valence-corrected chi connectivity index (χ0v) is 16.6. The molecular formula is C19H25N3O3S. The molecule has 140 valence electrons. The van der Waals surface area contributed by atoms with Crippen LogP contribution in [0.1, 0.15) is 52.1 Å². The van der Waals surface area contributed by atoms with E-state index in [1.54, 1.807) is 26.0 Å². The highest BCUT2D eigenvalue weighted by Crippen LogP contribution is 2.26. The second kappa shape index (κ2) is 6.96. The standard InChI is InChI=1S/C19H25N3O3S/c1-13-10-14(2)12-17(11-13)19(23)22-16(4)18(15(3)20-22)26(24,25)21-8-6-5-7-9-21/h10-12H,5-9H2,1-4H3. The highest BCUT2D eigenvalue weighted by atomic mass is 32.2. The van der Waals surface area contributed by atoms with E-state index in [0.717, 1.165) is 30.4 Å². The first-order valence-electron chi connectivity index (χ1n) is 8.91. The Bertz CT molecular complexity index is 934. The Balaban J connectivity index is 2.04. The number of carbonyl (C=O) groups excluding carboxylic acids is 1. The van der Waals surface area contributed by atoms with Gasteiger partial charge in [-0.15, -0.1) is 0 Å². The highest BCUT2D eigenvalue weighted by Gasteiger charge is 2.33. The van der Waals surface area contributed by atoms with Crippen molar-refractivity contribution in [2.24, 2.45) is 0 Å². The molecule has 0 spiro atoms. The van der Waals surface area contributed by atoms with E-state index >= 15 is 0 Å². The van der Waals surface area contributed by atoms with Crippen LogP contribution in [0.2, 0.25) is 0 Å². The van der Waals surface area contributed by atoms with E-state index in [1.165, 1.54) is 8.99 Å². The van der Waals surface area contributed by atoms with Crippen molar-refractivity contribution in [2.75, 3.05) is 13.1 Å². The summed E-state index contributed by atoms with van der Waals surface area (Å²) in [6.45, 7) is 8.20. The van der Waals surface area contributed by atoms with E-state index in [4.69, 9.17) is 0 Å². The number of hydrogen-bond donors (Lipinski definition) is 0. The molecule has 0 bridgehead atoms. The molecule has 0 unspecified atom stereocenters. The van der Waals surface area contributed by atoms with Crippen LogP contribution in [0, 0.1) is 27.7 Å². The van der Waals surface area contributed by atoms with Crippen LogP contribution in [0.15, 0.2) is 23.1 Å². The Morgan fingerprint density at radius 1 is 0.962 bits per heavy atom. The van der Waals surface area contributed by atoms with Crippen molar-refractivity contribution in [3.05, 3.63) is 46.3 Å². The molecule has 3 rings (SSSR count). The lowest BCUT2D eigenvalue weighted by atomic mass is 10.1. The normalized spacial score (nSPS) is 16.0. The van der Waals surface area contributed by atoms with Crippen molar-refractivity contribution in [3.63, 3.8) is 0 Å². The minimum absolute atomic E-state index is 0.164. The molecule has 1 saturated heterocycles. The number of hydrogen-bond acceptors (Lipinski definition) is 4. The predicted octanol–water partition coefficient (Wildman–Crippen LogP) is 2.98. The smallest absolute Gasteiger partial charge is 0.267 e. The van der Waals surface area contributed by atoms with Gasteiger partial charge in [0.2, 0.25) is 10.0 Å². The monoisotopic (exact) mass is 375 g/mol. The summed E-state index contributed by atoms with van der Waals surface area (Å²) in [7, 11) is -3.64. The van der Waals surface area contributed by atoms with Crippen LogP contribution >= 0.6 is 0 Å². The van der Waals surface area contributed by atoms with Gasteiger partial charge in [-0.2, -0.15) is 14.1 Å². The zero-order chi connectivity index (χ0) is 19.1. The summed E-state index contributed by atoms with van der Waals surface area (Å²) in [6.07, 6.45) is 2.79. The molecule has 0 atom stereocenters. The van der Waals surface area contributed by atoms with Gasteiger partial charge in [0.25, 0.3) is 5.91 Å². The van der Waals surface area contributed by atoms with Crippen LogP contribution in [0.5, 0.6) is 0 Å². The lowest BCUT2D eigenvalue weighted by Gasteiger charge is -2.25. The number of rotatable bonds is 3. The molecule has 7 heteroatoms. The summed E-state index contributed by atoms with van der Waals surface area (Å²) >= 11 is 0. The van der Waals surface area contributed by atoms with Crippen molar-refractivity contribution in [3.8, 4) is 0 Å². The fourth-order valence-corrected chi connectivity index (χ4v) is 5.53. The molecule has 0 N–H and O–H groups in total. The minimum atomic E-state index is -3.64. The molecule has 2 heterocycles. The number of aromatic nitrogens is 2. The van der Waals surface area contributed by atoms with E-state index in [2.05, 4.69) is 5.10 Å². The summed E-state index contributed by atoms with van der Waals surface area (Å²) in [5, 5.41) is 4.27. The number of sulfonamides is 1. The maximum Gasteiger partial charge on any atom is 0.278 e. The third-order valence-electron chi connectivity index (χ3n) is 4.80. The first-order chi connectivity index (χ1) is 12.2. The summed E-state index contributed by atoms with van der Waals surface area (Å²) in [4.78, 5) is 13.1. The largest absolute Gasteiger partial charge is 0.278 e. The molecule has 2 aromatic rings. The van der Waals surface area contributed by atoms with Gasteiger partial charge in [-0.3, -0.25) is 4.79 Å². The first-order valence-corrected chi connectivity index (χ1v) is 10.3. The van der Waals surface area contributed by atoms with Crippen LogP contribution in [0.25, 0.3) is 0 Å². The molecule has 1 aliphatic heterocycles. The second-order valence-corrected chi connectivity index (χ2v) is 8.93. The van der Waals surface area contributed by atoms with Crippen LogP contribution in [-0.2, 0) is 10.0 Å². The van der Waals surface area contributed by atoms with Gasteiger partial charge in [0.15, 0.2) is 0 Å². The molecule has 0 aliphatic carbocycles. The SMILES string of the molecule is Cc1cc(C)cc(C(=O)n2nc(C)c(S(=O)(=O)N3CCCCC3)c2C)c1. The molecule has 0 saturated carbocycles. The number of piperidine rings is 1. The second-order valence-electron chi connectivity index (χ2n) is 7.06. The van der Waals surface area contributed by atoms with Crippen molar-refractivity contribution >= 4 is 15.9 Å². The third kappa shape index (κ3) is 3.33. The maximum atomic E-state index is 13.1. The topological polar surface area (TPSA) is 72.3 Å². The molecule has 6 nitrogen and oxygen atoms in total. The number of benzene rings is 1. The average molecular weight is 375 g/mol. The van der Waals surface area contributed by atoms with E-state index in [9.17, 15) is 13.2 Å². The fraction of sp³-hybridized carbons (Fsp3) is 0.474. The number of carbonyl (C=O) groups is 1. The third-order valence-corrected chi connectivity index (χ3v) is 6.95. The minimum Gasteiger partial charge on any atom is -0.267 e. The Kier molecular flexibility index (Phi) is 5.03. The highest BCUT2D eigenvalue weighted by molar-refractivity contribution is 7.89. The van der Waals surface area contributed by atoms with Gasteiger partial charge < -0.3 is 0 Å². The molecule has 1 aromatic heterocycles. The summed E-state index contributed by atoms with van der Waals surface area (Å²) in [5.74, 6) is -0.308. The number of aryl methyl sites for hydroxylation is 3. The van der Waals surface area contributed by atoms with E-state index in [1.807, 2.05) is 19.9 Å². The van der Waals surface area contributed by atoms with Gasteiger partial charge in [0.1, 0.15) is 4.90 Å². The lowest BCUT2D eigenvalue weighted by molar-refractivity contribution is 0.0942. The molecule has 0 amide bonds. The Hall–Kier alpha value is -1.99. The van der Waals surface area contributed by atoms with Crippen LogP contribution < -0.4 is 0 Å². The molecule has 26 heavy (non-hydrogen) atoms. The van der Waals surface area contributed by atoms with Crippen LogP contribution in [-0.4, -0.2) is 41.5 Å². The molecule has 1 aliphatic rings. The average Bonchev–Trinajstić information content (AvgIpc) is 2.89. The van der Waals surface area contributed by atoms with Gasteiger partial charge in [-0.25, -0.2) is 8.42 Å². The summed E-state index contributed by atoms with van der Waals surface area (Å²) in [5.41, 5.74) is 3.21. The Morgan fingerprint density at radius 3 is 2.12 bits per heavy atom. The maximum absolute atomic E-state index is 13.1. The van der Waals surface area contributed by atoms with Crippen molar-refractivity contribution in [1.82, 2.24) is 14.1 Å². The fourth-order valence-electron chi connectivity index (χ4n) is 3.65. The van der Waals surface area contributed by atoms with Gasteiger partial charge in [-0.1, -0.05) is 23.6 Å². The number of nitrogens with zero attached hydrogens (tertiary/aromatic N) is 3. The molecule has 1 aromatic carbocycles. The Morgan fingerprint density at radius 2 is 1.54 bits per heavy atom. The van der Waals surface area contributed by atoms with Gasteiger partial charge in [0.05, 0.1) is 11.4 Å². The van der Waals surface area contributed by atoms with Crippen molar-refractivity contribution in [2.45, 2.75) is 51.9 Å². The van der Waals surface area contributed by atoms with Crippen LogP contribution in [0.3, 0.4) is 0 Å². The quantitative estimate of drug-likeness (QED) is 0.827. The molecule has 1 fully saturated rings. The van der Waals surface area contributed by atoms with Crippen LogP contribution in [0.4, 0.5) is 0 Å². The van der Waals surface area contributed by atoms with E-state index in [-0.39, 0.29) is 10.8 Å². The zero-order valence-electron chi connectivity index (χ0n) is 15.7. The lowest BCUT2D eigenvalue weighted by Crippen LogP contribution is -2.36. The van der Waals surface area contributed by atoms with E-state index in [0.29, 0.717) is 30.0 Å². The first kappa shape index (κ1) is 18.8. The van der Waals surface area contributed by atoms with Gasteiger partial charge >= 0.3 is 0 Å². The predicted molar refractivity (Wildman–Crippen MR) is 100.0 cm³/mol.